The lowest BCUT2D eigenvalue weighted by atomic mass is 10.2. The van der Waals surface area contributed by atoms with E-state index in [0.29, 0.717) is 10.8 Å². The van der Waals surface area contributed by atoms with Gasteiger partial charge in [-0.1, -0.05) is 6.08 Å². The van der Waals surface area contributed by atoms with Gasteiger partial charge in [0.15, 0.2) is 11.1 Å². The second kappa shape index (κ2) is 6.27. The molecule has 2 aromatic rings. The summed E-state index contributed by atoms with van der Waals surface area (Å²) in [6.07, 6.45) is 3.03. The number of amides is 1. The minimum atomic E-state index is -1.19. The number of fused-ring (bicyclic) bond motifs is 1. The molecule has 0 saturated heterocycles. The summed E-state index contributed by atoms with van der Waals surface area (Å²) in [4.78, 5) is 38.5. The highest BCUT2D eigenvalue weighted by molar-refractivity contribution is 7.99. The number of hydrogen-bond donors (Lipinski definition) is 3. The minimum Gasteiger partial charge on any atom is -0.480 e. The van der Waals surface area contributed by atoms with Crippen LogP contribution >= 0.6 is 11.8 Å². The summed E-state index contributed by atoms with van der Waals surface area (Å²) in [6.45, 7) is 3.03. The van der Waals surface area contributed by atoms with Crippen LogP contribution in [0.4, 0.5) is 0 Å². The molecule has 1 amide bonds. The zero-order chi connectivity index (χ0) is 15.4. The number of carboxylic acid groups (broad SMARTS) is 1. The first kappa shape index (κ1) is 14.9. The molecule has 0 spiro atoms. The lowest BCUT2D eigenvalue weighted by Gasteiger charge is -2.07. The van der Waals surface area contributed by atoms with Crippen LogP contribution in [-0.4, -0.2) is 43.9 Å². The molecule has 0 atom stereocenters. The highest BCUT2D eigenvalue weighted by Crippen LogP contribution is 2.18. The molecule has 0 aliphatic heterocycles. The molecule has 0 radical (unpaired) electrons. The first-order chi connectivity index (χ1) is 10.0. The predicted molar refractivity (Wildman–Crippen MR) is 76.7 cm³/mol. The molecule has 0 unspecified atom stereocenters. The number of pyridine rings is 1. The fraction of sp³-hybridized carbons (Fsp3) is 0.167. The normalized spacial score (nSPS) is 10.5. The molecular weight excluding hydrogens is 296 g/mol. The van der Waals surface area contributed by atoms with Crippen molar-refractivity contribution in [1.29, 1.82) is 0 Å². The van der Waals surface area contributed by atoms with Crippen molar-refractivity contribution in [3.05, 3.63) is 40.8 Å². The van der Waals surface area contributed by atoms with Gasteiger partial charge < -0.3 is 10.4 Å². The van der Waals surface area contributed by atoms with Crippen LogP contribution < -0.4 is 10.7 Å². The number of nitrogens with one attached hydrogen (secondary N) is 2. The van der Waals surface area contributed by atoms with Crippen molar-refractivity contribution >= 4 is 29.3 Å². The van der Waals surface area contributed by atoms with Crippen LogP contribution in [0.2, 0.25) is 0 Å². The van der Waals surface area contributed by atoms with Gasteiger partial charge in [0.2, 0.25) is 0 Å². The molecule has 9 heteroatoms. The van der Waals surface area contributed by atoms with Gasteiger partial charge in [0.05, 0.1) is 0 Å². The van der Waals surface area contributed by atoms with Crippen LogP contribution in [0.25, 0.3) is 5.65 Å². The molecule has 2 rings (SSSR count). The summed E-state index contributed by atoms with van der Waals surface area (Å²) >= 11 is 1.36. The zero-order valence-corrected chi connectivity index (χ0v) is 11.6. The van der Waals surface area contributed by atoms with Gasteiger partial charge in [-0.05, 0) is 0 Å². The van der Waals surface area contributed by atoms with E-state index in [1.165, 1.54) is 28.7 Å². The molecule has 2 heterocycles. The Labute approximate surface area is 122 Å². The number of aliphatic carboxylic acids is 1. The Morgan fingerprint density at radius 3 is 3.00 bits per heavy atom. The standard InChI is InChI=1S/C12H12N4O4S/c1-2-3-21-8-4-7(17)10(11-14-6-15-16(8)11)12(20)13-5-9(18)19/h2,4,6H,1,3,5H2,(H,13,20)(H,14,15)(H,18,19). The Hall–Kier alpha value is -2.55. The third-order valence-electron chi connectivity index (χ3n) is 2.51. The summed E-state index contributed by atoms with van der Waals surface area (Å²) in [7, 11) is 0. The molecule has 8 nitrogen and oxygen atoms in total. The number of carbonyl (C=O) groups is 2. The third-order valence-corrected chi connectivity index (χ3v) is 3.51. The number of hydrogen-bond acceptors (Lipinski definition) is 5. The average Bonchev–Trinajstić information content (AvgIpc) is 2.91. The number of carboxylic acids is 1. The minimum absolute atomic E-state index is 0.150. The molecule has 110 valence electrons. The smallest absolute Gasteiger partial charge is 0.322 e. The maximum atomic E-state index is 12.1. The summed E-state index contributed by atoms with van der Waals surface area (Å²) in [6, 6.07) is 1.30. The van der Waals surface area contributed by atoms with Crippen molar-refractivity contribution in [3.8, 4) is 0 Å². The summed E-state index contributed by atoms with van der Waals surface area (Å²) < 4.78 is 1.49. The highest BCUT2D eigenvalue weighted by atomic mass is 32.2. The SMILES string of the molecule is C=CCSc1cc(=O)c(C(=O)NCC(=O)O)c2nc[nH]n12. The van der Waals surface area contributed by atoms with Gasteiger partial charge in [0.1, 0.15) is 23.5 Å². The van der Waals surface area contributed by atoms with Gasteiger partial charge in [-0.15, -0.1) is 18.3 Å². The van der Waals surface area contributed by atoms with Gasteiger partial charge in [0.25, 0.3) is 5.91 Å². The molecule has 0 bridgehead atoms. The maximum Gasteiger partial charge on any atom is 0.322 e. The van der Waals surface area contributed by atoms with Crippen LogP contribution in [0.3, 0.4) is 0 Å². The van der Waals surface area contributed by atoms with E-state index in [-0.39, 0.29) is 11.2 Å². The van der Waals surface area contributed by atoms with E-state index in [1.54, 1.807) is 6.08 Å². The van der Waals surface area contributed by atoms with Crippen LogP contribution in [0.5, 0.6) is 0 Å². The lowest BCUT2D eigenvalue weighted by molar-refractivity contribution is -0.135. The van der Waals surface area contributed by atoms with E-state index >= 15 is 0 Å². The van der Waals surface area contributed by atoms with Crippen molar-refractivity contribution in [2.45, 2.75) is 5.03 Å². The fourth-order valence-corrected chi connectivity index (χ4v) is 2.43. The number of thioether (sulfide) groups is 1. The van der Waals surface area contributed by atoms with Crippen LogP contribution in [0.15, 0.2) is 34.9 Å². The van der Waals surface area contributed by atoms with Gasteiger partial charge in [-0.2, -0.15) is 0 Å². The lowest BCUT2D eigenvalue weighted by Crippen LogP contribution is -2.33. The van der Waals surface area contributed by atoms with E-state index < -0.39 is 23.9 Å². The zero-order valence-electron chi connectivity index (χ0n) is 10.8. The molecule has 21 heavy (non-hydrogen) atoms. The number of aromatic nitrogens is 3. The van der Waals surface area contributed by atoms with E-state index in [1.807, 2.05) is 0 Å². The Morgan fingerprint density at radius 2 is 2.33 bits per heavy atom. The topological polar surface area (TPSA) is 117 Å². The molecule has 0 aliphatic rings. The van der Waals surface area contributed by atoms with E-state index in [4.69, 9.17) is 5.11 Å². The number of rotatable bonds is 6. The molecule has 0 fully saturated rings. The van der Waals surface area contributed by atoms with Crippen LogP contribution in [0.1, 0.15) is 10.4 Å². The van der Waals surface area contributed by atoms with Gasteiger partial charge in [-0.3, -0.25) is 19.5 Å². The second-order valence-corrected chi connectivity index (χ2v) is 4.98. The quantitative estimate of drug-likeness (QED) is 0.515. The molecule has 2 aromatic heterocycles. The van der Waals surface area contributed by atoms with Crippen LogP contribution in [0, 0.1) is 0 Å². The van der Waals surface area contributed by atoms with Gasteiger partial charge in [0, 0.05) is 11.8 Å². The fourth-order valence-electron chi connectivity index (χ4n) is 1.68. The van der Waals surface area contributed by atoms with E-state index in [9.17, 15) is 14.4 Å². The van der Waals surface area contributed by atoms with Gasteiger partial charge in [-0.25, -0.2) is 9.50 Å². The van der Waals surface area contributed by atoms with E-state index in [0.717, 1.165) is 0 Å². The molecule has 0 saturated carbocycles. The van der Waals surface area contributed by atoms with Gasteiger partial charge >= 0.3 is 5.97 Å². The van der Waals surface area contributed by atoms with Crippen molar-refractivity contribution < 1.29 is 14.7 Å². The predicted octanol–water partition coefficient (Wildman–Crippen LogP) is 0.115. The highest BCUT2D eigenvalue weighted by Gasteiger charge is 2.19. The first-order valence-electron chi connectivity index (χ1n) is 5.87. The van der Waals surface area contributed by atoms with Crippen molar-refractivity contribution in [2.24, 2.45) is 0 Å². The Morgan fingerprint density at radius 1 is 1.57 bits per heavy atom. The monoisotopic (exact) mass is 308 g/mol. The molecule has 3 N–H and O–H groups in total. The van der Waals surface area contributed by atoms with E-state index in [2.05, 4.69) is 22.0 Å². The summed E-state index contributed by atoms with van der Waals surface area (Å²) in [5.74, 6) is -1.38. The molecule has 0 aromatic carbocycles. The largest absolute Gasteiger partial charge is 0.480 e. The third kappa shape index (κ3) is 3.14. The summed E-state index contributed by atoms with van der Waals surface area (Å²) in [5, 5.41) is 14.1. The number of carbonyl (C=O) groups excluding carboxylic acids is 1. The number of H-pyrrole nitrogens is 1. The Balaban J connectivity index is 2.45. The molecular formula is C12H12N4O4S. The van der Waals surface area contributed by atoms with Crippen molar-refractivity contribution in [2.75, 3.05) is 12.3 Å². The first-order valence-corrected chi connectivity index (χ1v) is 6.86. The Kier molecular flexibility index (Phi) is 4.43. The number of nitrogens with zero attached hydrogens (tertiary/aromatic N) is 2. The number of aromatic amines is 1. The molecule has 0 aliphatic carbocycles. The second-order valence-electron chi connectivity index (χ2n) is 3.94. The Bertz CT molecular complexity index is 764. The van der Waals surface area contributed by atoms with Crippen LogP contribution in [-0.2, 0) is 4.79 Å². The average molecular weight is 308 g/mol. The van der Waals surface area contributed by atoms with Crippen molar-refractivity contribution in [1.82, 2.24) is 19.9 Å². The maximum absolute atomic E-state index is 12.1. The summed E-state index contributed by atoms with van der Waals surface area (Å²) in [5.41, 5.74) is -0.561. The van der Waals surface area contributed by atoms with Crippen molar-refractivity contribution in [3.63, 3.8) is 0 Å².